The van der Waals surface area contributed by atoms with Gasteiger partial charge in [-0.25, -0.2) is 9.97 Å². The average Bonchev–Trinajstić information content (AvgIpc) is 2.88. The van der Waals surface area contributed by atoms with Crippen LogP contribution in [0.25, 0.3) is 0 Å². The predicted octanol–water partition coefficient (Wildman–Crippen LogP) is 2.81. The van der Waals surface area contributed by atoms with E-state index in [0.29, 0.717) is 10.8 Å². The van der Waals surface area contributed by atoms with Crippen molar-refractivity contribution in [3.05, 3.63) is 11.8 Å². The molecule has 1 aliphatic heterocycles. The summed E-state index contributed by atoms with van der Waals surface area (Å²) in [5.74, 6) is 0.585. The van der Waals surface area contributed by atoms with Crippen molar-refractivity contribution < 1.29 is 17.9 Å². The second kappa shape index (κ2) is 5.96. The standard InChI is InChI=1S/C11H14F3N3OS/c1-15-10-16-8(11(12,13)14)5-9(17-10)19-6-7-3-2-4-18-7/h5,7H,2-4,6H2,1H3,(H,15,16,17). The van der Waals surface area contributed by atoms with E-state index in [1.165, 1.54) is 18.8 Å². The minimum Gasteiger partial charge on any atom is -0.377 e. The van der Waals surface area contributed by atoms with Crippen LogP contribution in [0.2, 0.25) is 0 Å². The molecule has 1 unspecified atom stereocenters. The van der Waals surface area contributed by atoms with Gasteiger partial charge in [-0.05, 0) is 12.8 Å². The Hall–Kier alpha value is -1.02. The lowest BCUT2D eigenvalue weighted by molar-refractivity contribution is -0.141. The van der Waals surface area contributed by atoms with Crippen LogP contribution < -0.4 is 5.32 Å². The van der Waals surface area contributed by atoms with Gasteiger partial charge in [0.1, 0.15) is 5.03 Å². The zero-order valence-corrected chi connectivity index (χ0v) is 11.1. The first-order valence-electron chi connectivity index (χ1n) is 5.87. The molecule has 0 aromatic carbocycles. The maximum Gasteiger partial charge on any atom is 0.433 e. The molecule has 2 rings (SSSR count). The molecule has 0 amide bonds. The molecule has 0 spiro atoms. The van der Waals surface area contributed by atoms with Gasteiger partial charge >= 0.3 is 6.18 Å². The largest absolute Gasteiger partial charge is 0.433 e. The van der Waals surface area contributed by atoms with Gasteiger partial charge in [0.05, 0.1) is 6.10 Å². The van der Waals surface area contributed by atoms with Gasteiger partial charge in [-0.1, -0.05) is 0 Å². The Morgan fingerprint density at radius 3 is 2.84 bits per heavy atom. The fourth-order valence-corrected chi connectivity index (χ4v) is 2.68. The fraction of sp³-hybridized carbons (Fsp3) is 0.636. The highest BCUT2D eigenvalue weighted by atomic mass is 32.2. The van der Waals surface area contributed by atoms with E-state index in [9.17, 15) is 13.2 Å². The quantitative estimate of drug-likeness (QED) is 0.683. The zero-order valence-electron chi connectivity index (χ0n) is 10.3. The van der Waals surface area contributed by atoms with Crippen molar-refractivity contribution in [2.24, 2.45) is 0 Å². The molecule has 1 N–H and O–H groups in total. The van der Waals surface area contributed by atoms with Gasteiger partial charge in [0.15, 0.2) is 5.69 Å². The second-order valence-corrected chi connectivity index (χ2v) is 5.15. The minimum atomic E-state index is -4.46. The first kappa shape index (κ1) is 14.4. The SMILES string of the molecule is CNc1nc(SCC2CCCO2)cc(C(F)(F)F)n1. The summed E-state index contributed by atoms with van der Waals surface area (Å²) in [5.41, 5.74) is -0.929. The van der Waals surface area contributed by atoms with Crippen LogP contribution in [0.1, 0.15) is 18.5 Å². The van der Waals surface area contributed by atoms with Crippen molar-refractivity contribution in [3.8, 4) is 0 Å². The van der Waals surface area contributed by atoms with E-state index in [2.05, 4.69) is 15.3 Å². The van der Waals surface area contributed by atoms with Gasteiger partial charge in [-0.15, -0.1) is 11.8 Å². The zero-order chi connectivity index (χ0) is 13.9. The molecule has 0 saturated carbocycles. The number of hydrogen-bond acceptors (Lipinski definition) is 5. The first-order chi connectivity index (χ1) is 8.99. The van der Waals surface area contributed by atoms with E-state index in [1.54, 1.807) is 0 Å². The maximum atomic E-state index is 12.7. The number of aromatic nitrogens is 2. The van der Waals surface area contributed by atoms with Crippen LogP contribution in [0, 0.1) is 0 Å². The normalized spacial score (nSPS) is 19.7. The highest BCUT2D eigenvalue weighted by Crippen LogP contribution is 2.31. The molecule has 1 aromatic heterocycles. The van der Waals surface area contributed by atoms with E-state index in [0.717, 1.165) is 25.5 Å². The molecule has 1 atom stereocenters. The van der Waals surface area contributed by atoms with E-state index < -0.39 is 11.9 Å². The monoisotopic (exact) mass is 293 g/mol. The Labute approximate surface area is 113 Å². The Morgan fingerprint density at radius 2 is 2.26 bits per heavy atom. The number of alkyl halides is 3. The Morgan fingerprint density at radius 1 is 1.47 bits per heavy atom. The highest BCUT2D eigenvalue weighted by molar-refractivity contribution is 7.99. The summed E-state index contributed by atoms with van der Waals surface area (Å²) in [7, 11) is 1.49. The molecule has 2 heterocycles. The number of thioether (sulfide) groups is 1. The molecule has 1 aromatic rings. The van der Waals surface area contributed by atoms with Gasteiger partial charge < -0.3 is 10.1 Å². The molecule has 19 heavy (non-hydrogen) atoms. The number of halogens is 3. The summed E-state index contributed by atoms with van der Waals surface area (Å²) < 4.78 is 43.4. The number of rotatable bonds is 4. The minimum absolute atomic E-state index is 0.0235. The van der Waals surface area contributed by atoms with Crippen LogP contribution >= 0.6 is 11.8 Å². The van der Waals surface area contributed by atoms with Crippen molar-refractivity contribution in [2.75, 3.05) is 24.7 Å². The van der Waals surface area contributed by atoms with Crippen molar-refractivity contribution in [2.45, 2.75) is 30.1 Å². The summed E-state index contributed by atoms with van der Waals surface area (Å²) in [6.45, 7) is 0.727. The van der Waals surface area contributed by atoms with Crippen LogP contribution in [0.4, 0.5) is 19.1 Å². The van der Waals surface area contributed by atoms with Crippen LogP contribution in [-0.4, -0.2) is 35.5 Å². The Bertz CT molecular complexity index is 436. The predicted molar refractivity (Wildman–Crippen MR) is 66.3 cm³/mol. The van der Waals surface area contributed by atoms with E-state index in [-0.39, 0.29) is 12.1 Å². The molecule has 1 aliphatic rings. The average molecular weight is 293 g/mol. The summed E-state index contributed by atoms with van der Waals surface area (Å²) in [6.07, 6.45) is -2.41. The van der Waals surface area contributed by atoms with Crippen molar-refractivity contribution in [3.63, 3.8) is 0 Å². The number of hydrogen-bond donors (Lipinski definition) is 1. The number of nitrogens with zero attached hydrogens (tertiary/aromatic N) is 2. The summed E-state index contributed by atoms with van der Waals surface area (Å²) in [6, 6.07) is 0.973. The molecular weight excluding hydrogens is 279 g/mol. The molecule has 0 aliphatic carbocycles. The molecule has 8 heteroatoms. The number of nitrogens with one attached hydrogen (secondary N) is 1. The molecule has 1 saturated heterocycles. The molecule has 1 fully saturated rings. The van der Waals surface area contributed by atoms with Crippen molar-refractivity contribution >= 4 is 17.7 Å². The molecule has 106 valence electrons. The lowest BCUT2D eigenvalue weighted by Crippen LogP contribution is -2.12. The lowest BCUT2D eigenvalue weighted by Gasteiger charge is -2.11. The lowest BCUT2D eigenvalue weighted by atomic mass is 10.3. The maximum absolute atomic E-state index is 12.7. The summed E-state index contributed by atoms with van der Waals surface area (Å²) in [4.78, 5) is 7.42. The van der Waals surface area contributed by atoms with E-state index in [4.69, 9.17) is 4.74 Å². The fourth-order valence-electron chi connectivity index (χ4n) is 1.71. The van der Waals surface area contributed by atoms with Gasteiger partial charge in [-0.2, -0.15) is 13.2 Å². The van der Waals surface area contributed by atoms with E-state index >= 15 is 0 Å². The van der Waals surface area contributed by atoms with Crippen molar-refractivity contribution in [1.29, 1.82) is 0 Å². The third-order valence-electron chi connectivity index (χ3n) is 2.66. The summed E-state index contributed by atoms with van der Waals surface area (Å²) >= 11 is 1.26. The molecule has 0 bridgehead atoms. The van der Waals surface area contributed by atoms with Crippen LogP contribution in [0.15, 0.2) is 11.1 Å². The van der Waals surface area contributed by atoms with Gasteiger partial charge in [0.2, 0.25) is 5.95 Å². The highest BCUT2D eigenvalue weighted by Gasteiger charge is 2.33. The number of anilines is 1. The summed E-state index contributed by atoms with van der Waals surface area (Å²) in [5, 5.41) is 2.85. The smallest absolute Gasteiger partial charge is 0.377 e. The van der Waals surface area contributed by atoms with Gasteiger partial charge in [0.25, 0.3) is 0 Å². The van der Waals surface area contributed by atoms with E-state index in [1.807, 2.05) is 0 Å². The first-order valence-corrected chi connectivity index (χ1v) is 6.86. The topological polar surface area (TPSA) is 47.0 Å². The third kappa shape index (κ3) is 3.97. The second-order valence-electron chi connectivity index (χ2n) is 4.11. The molecule has 0 radical (unpaired) electrons. The van der Waals surface area contributed by atoms with Crippen molar-refractivity contribution in [1.82, 2.24) is 9.97 Å². The van der Waals surface area contributed by atoms with Crippen LogP contribution in [0.5, 0.6) is 0 Å². The molecule has 4 nitrogen and oxygen atoms in total. The van der Waals surface area contributed by atoms with Gasteiger partial charge in [-0.3, -0.25) is 0 Å². The van der Waals surface area contributed by atoms with Crippen LogP contribution in [0.3, 0.4) is 0 Å². The van der Waals surface area contributed by atoms with Gasteiger partial charge in [0, 0.05) is 25.5 Å². The molecular formula is C11H14F3N3OS. The van der Waals surface area contributed by atoms with Crippen LogP contribution in [-0.2, 0) is 10.9 Å². The number of ether oxygens (including phenoxy) is 1. The third-order valence-corrected chi connectivity index (χ3v) is 3.70. The Kier molecular flexibility index (Phi) is 4.51. The Balaban J connectivity index is 2.10.